The van der Waals surface area contributed by atoms with Gasteiger partial charge in [-0.15, -0.1) is 0 Å². The SMILES string of the molecule is NC(C(=O)OCc1ccc([N+](=O)[O-])cc1)c1n[c][nH]n1. The van der Waals surface area contributed by atoms with E-state index in [1.54, 1.807) is 0 Å². The van der Waals surface area contributed by atoms with Crippen molar-refractivity contribution in [1.29, 1.82) is 0 Å². The van der Waals surface area contributed by atoms with Crippen molar-refractivity contribution in [1.82, 2.24) is 15.2 Å². The Morgan fingerprint density at radius 3 is 2.75 bits per heavy atom. The number of rotatable bonds is 5. The van der Waals surface area contributed by atoms with Crippen LogP contribution in [0.3, 0.4) is 0 Å². The van der Waals surface area contributed by atoms with Gasteiger partial charge in [-0.05, 0) is 17.7 Å². The van der Waals surface area contributed by atoms with Gasteiger partial charge in [0.1, 0.15) is 6.61 Å². The van der Waals surface area contributed by atoms with E-state index in [1.807, 2.05) is 0 Å². The maximum absolute atomic E-state index is 11.6. The highest BCUT2D eigenvalue weighted by Crippen LogP contribution is 2.13. The van der Waals surface area contributed by atoms with E-state index in [0.29, 0.717) is 5.56 Å². The van der Waals surface area contributed by atoms with E-state index in [0.717, 1.165) is 0 Å². The predicted molar refractivity (Wildman–Crippen MR) is 65.0 cm³/mol. The average Bonchev–Trinajstić information content (AvgIpc) is 2.98. The molecule has 0 saturated carbocycles. The lowest BCUT2D eigenvalue weighted by atomic mass is 10.2. The number of benzene rings is 1. The molecule has 2 rings (SSSR count). The minimum atomic E-state index is -1.10. The highest BCUT2D eigenvalue weighted by molar-refractivity contribution is 5.76. The smallest absolute Gasteiger partial charge is 0.331 e. The van der Waals surface area contributed by atoms with Gasteiger partial charge >= 0.3 is 5.97 Å². The maximum Gasteiger partial charge on any atom is 0.331 e. The summed E-state index contributed by atoms with van der Waals surface area (Å²) >= 11 is 0. The van der Waals surface area contributed by atoms with Gasteiger partial charge in [0.05, 0.1) is 4.92 Å². The number of nitro benzene ring substituents is 1. The second-order valence-electron chi connectivity index (χ2n) is 3.81. The van der Waals surface area contributed by atoms with Gasteiger partial charge in [0, 0.05) is 12.1 Å². The first-order valence-corrected chi connectivity index (χ1v) is 5.52. The summed E-state index contributed by atoms with van der Waals surface area (Å²) in [5.74, 6) is -0.616. The number of esters is 1. The minimum absolute atomic E-state index is 0.0342. The Labute approximate surface area is 112 Å². The standard InChI is InChI=1S/C11H10N5O4/c12-9(10-13-6-14-15-10)11(17)20-5-7-1-3-8(4-2-7)16(18)19/h1-4,9H,5,12H2,(H,13,14,15). The number of carbonyl (C=O) groups is 1. The Kier molecular flexibility index (Phi) is 4.01. The second kappa shape index (κ2) is 5.89. The van der Waals surface area contributed by atoms with Crippen LogP contribution in [0.1, 0.15) is 17.4 Å². The number of hydrogen-bond acceptors (Lipinski definition) is 7. The number of non-ortho nitro benzene ring substituents is 1. The van der Waals surface area contributed by atoms with Crippen LogP contribution in [-0.2, 0) is 16.1 Å². The first-order valence-electron chi connectivity index (χ1n) is 5.52. The molecule has 0 fully saturated rings. The van der Waals surface area contributed by atoms with Crippen molar-refractivity contribution >= 4 is 11.7 Å². The van der Waals surface area contributed by atoms with Crippen LogP contribution in [0.2, 0.25) is 0 Å². The Balaban J connectivity index is 1.91. The van der Waals surface area contributed by atoms with Crippen LogP contribution in [0.5, 0.6) is 0 Å². The number of aromatic amines is 1. The highest BCUT2D eigenvalue weighted by Gasteiger charge is 2.21. The van der Waals surface area contributed by atoms with Gasteiger partial charge in [-0.1, -0.05) is 0 Å². The summed E-state index contributed by atoms with van der Waals surface area (Å²) in [6, 6.07) is 4.55. The molecule has 1 aromatic carbocycles. The quantitative estimate of drug-likeness (QED) is 0.453. The molecule has 0 aliphatic heterocycles. The molecular weight excluding hydrogens is 266 g/mol. The number of nitrogens with two attached hydrogens (primary N) is 1. The molecule has 1 heterocycles. The van der Waals surface area contributed by atoms with Gasteiger partial charge in [-0.3, -0.25) is 15.2 Å². The number of nitrogens with one attached hydrogen (secondary N) is 1. The fourth-order valence-electron chi connectivity index (χ4n) is 1.39. The van der Waals surface area contributed by atoms with Crippen LogP contribution in [0, 0.1) is 16.4 Å². The van der Waals surface area contributed by atoms with Gasteiger partial charge in [-0.25, -0.2) is 9.78 Å². The van der Waals surface area contributed by atoms with Gasteiger partial charge in [0.15, 0.2) is 18.2 Å². The van der Waals surface area contributed by atoms with E-state index in [1.165, 1.54) is 24.3 Å². The molecule has 0 saturated heterocycles. The van der Waals surface area contributed by atoms with Gasteiger partial charge in [-0.2, -0.15) is 5.10 Å². The van der Waals surface area contributed by atoms with Gasteiger partial charge < -0.3 is 10.5 Å². The molecule has 103 valence electrons. The summed E-state index contributed by atoms with van der Waals surface area (Å²) in [5, 5.41) is 16.4. The summed E-state index contributed by atoms with van der Waals surface area (Å²) in [5.41, 5.74) is 6.16. The highest BCUT2D eigenvalue weighted by atomic mass is 16.6. The fraction of sp³-hybridized carbons (Fsp3) is 0.182. The van der Waals surface area contributed by atoms with Crippen molar-refractivity contribution in [3.8, 4) is 0 Å². The summed E-state index contributed by atoms with van der Waals surface area (Å²) in [6.07, 6.45) is 2.32. The van der Waals surface area contributed by atoms with E-state index in [9.17, 15) is 14.9 Å². The molecular formula is C11H10N5O4. The first-order chi connectivity index (χ1) is 9.58. The first kappa shape index (κ1) is 13.6. The van der Waals surface area contributed by atoms with Crippen LogP contribution >= 0.6 is 0 Å². The van der Waals surface area contributed by atoms with Crippen LogP contribution < -0.4 is 5.73 Å². The molecule has 0 bridgehead atoms. The van der Waals surface area contributed by atoms with Gasteiger partial charge in [0.25, 0.3) is 5.69 Å². The Morgan fingerprint density at radius 2 is 2.20 bits per heavy atom. The van der Waals surface area contributed by atoms with Crippen molar-refractivity contribution in [2.45, 2.75) is 12.6 Å². The summed E-state index contributed by atoms with van der Waals surface area (Å²) in [6.45, 7) is -0.0430. The third-order valence-corrected chi connectivity index (χ3v) is 2.45. The van der Waals surface area contributed by atoms with Crippen LogP contribution in [0.15, 0.2) is 24.3 Å². The topological polar surface area (TPSA) is 137 Å². The lowest BCUT2D eigenvalue weighted by Gasteiger charge is -2.08. The van der Waals surface area contributed by atoms with E-state index < -0.39 is 16.9 Å². The second-order valence-corrected chi connectivity index (χ2v) is 3.81. The molecule has 9 nitrogen and oxygen atoms in total. The molecule has 3 N–H and O–H groups in total. The van der Waals surface area contributed by atoms with Crippen molar-refractivity contribution in [2.24, 2.45) is 5.73 Å². The average molecular weight is 276 g/mol. The number of hydrogen-bond donors (Lipinski definition) is 2. The van der Waals surface area contributed by atoms with Crippen molar-refractivity contribution in [3.63, 3.8) is 0 Å². The van der Waals surface area contributed by atoms with E-state index in [2.05, 4.69) is 21.5 Å². The van der Waals surface area contributed by atoms with Crippen LogP contribution in [0.25, 0.3) is 0 Å². The Morgan fingerprint density at radius 1 is 1.50 bits per heavy atom. The zero-order chi connectivity index (χ0) is 14.5. The Bertz CT molecular complexity index is 596. The molecule has 9 heteroatoms. The molecule has 1 atom stereocenters. The minimum Gasteiger partial charge on any atom is -0.459 e. The van der Waals surface area contributed by atoms with E-state index >= 15 is 0 Å². The third kappa shape index (κ3) is 3.14. The molecule has 20 heavy (non-hydrogen) atoms. The van der Waals surface area contributed by atoms with Crippen molar-refractivity contribution < 1.29 is 14.5 Å². The summed E-state index contributed by atoms with van der Waals surface area (Å²) < 4.78 is 4.97. The molecule has 0 spiro atoms. The Hall–Kier alpha value is -2.81. The number of carbonyl (C=O) groups excluding carboxylic acids is 1. The summed E-state index contributed by atoms with van der Waals surface area (Å²) in [7, 11) is 0. The zero-order valence-corrected chi connectivity index (χ0v) is 10.1. The monoisotopic (exact) mass is 276 g/mol. The molecule has 0 aliphatic carbocycles. The molecule has 1 unspecified atom stereocenters. The fourth-order valence-corrected chi connectivity index (χ4v) is 1.39. The number of ether oxygens (including phenoxy) is 1. The van der Waals surface area contributed by atoms with Crippen molar-refractivity contribution in [3.05, 3.63) is 52.1 Å². The van der Waals surface area contributed by atoms with E-state index in [4.69, 9.17) is 10.5 Å². The lowest BCUT2D eigenvalue weighted by Crippen LogP contribution is -2.24. The number of nitro groups is 1. The maximum atomic E-state index is 11.6. The lowest BCUT2D eigenvalue weighted by molar-refractivity contribution is -0.384. The normalized spacial score (nSPS) is 11.8. The van der Waals surface area contributed by atoms with Crippen LogP contribution in [-0.4, -0.2) is 26.1 Å². The van der Waals surface area contributed by atoms with Crippen LogP contribution in [0.4, 0.5) is 5.69 Å². The molecule has 1 aromatic heterocycles. The predicted octanol–water partition coefficient (Wildman–Crippen LogP) is 0.256. The number of aromatic nitrogens is 3. The van der Waals surface area contributed by atoms with Gasteiger partial charge in [0.2, 0.25) is 0 Å². The van der Waals surface area contributed by atoms with Crippen molar-refractivity contribution in [2.75, 3.05) is 0 Å². The third-order valence-electron chi connectivity index (χ3n) is 2.45. The zero-order valence-electron chi connectivity index (χ0n) is 10.1. The number of H-pyrrole nitrogens is 1. The van der Waals surface area contributed by atoms with E-state index in [-0.39, 0.29) is 18.1 Å². The molecule has 0 amide bonds. The summed E-state index contributed by atoms with van der Waals surface area (Å²) in [4.78, 5) is 25.2. The number of nitrogens with zero attached hydrogens (tertiary/aromatic N) is 3. The molecule has 1 radical (unpaired) electrons. The molecule has 2 aromatic rings. The largest absolute Gasteiger partial charge is 0.459 e. The molecule has 0 aliphatic rings.